The molecule has 32 heavy (non-hydrogen) atoms. The van der Waals surface area contributed by atoms with E-state index in [1.54, 1.807) is 7.11 Å². The molecule has 8 heteroatoms. The van der Waals surface area contributed by atoms with E-state index in [1.807, 2.05) is 19.1 Å². The molecule has 4 atom stereocenters. The van der Waals surface area contributed by atoms with Crippen LogP contribution in [0.15, 0.2) is 35.3 Å². The fraction of sp³-hybridized carbons (Fsp3) is 0.542. The van der Waals surface area contributed by atoms with E-state index in [9.17, 15) is 9.59 Å². The molecule has 1 aromatic carbocycles. The van der Waals surface area contributed by atoms with Gasteiger partial charge in [-0.3, -0.25) is 19.5 Å². The molecule has 2 aliphatic carbocycles. The molecule has 1 aromatic rings. The van der Waals surface area contributed by atoms with Gasteiger partial charge in [-0.2, -0.15) is 0 Å². The summed E-state index contributed by atoms with van der Waals surface area (Å²) in [6.45, 7) is 6.28. The summed E-state index contributed by atoms with van der Waals surface area (Å²) in [4.78, 5) is 31.7. The number of carbonyl (C=O) groups excluding carboxylic acids is 2. The summed E-state index contributed by atoms with van der Waals surface area (Å²) in [6, 6.07) is 6.14. The molecule has 2 amide bonds. The fourth-order valence-corrected chi connectivity index (χ4v) is 5.20. The number of carbonyl (C=O) groups is 2. The molecule has 0 radical (unpaired) electrons. The van der Waals surface area contributed by atoms with E-state index in [0.29, 0.717) is 25.6 Å². The maximum Gasteiger partial charge on any atom is 0.233 e. The van der Waals surface area contributed by atoms with Crippen molar-refractivity contribution in [1.29, 1.82) is 0 Å². The van der Waals surface area contributed by atoms with Crippen molar-refractivity contribution in [2.45, 2.75) is 26.7 Å². The second-order valence-corrected chi connectivity index (χ2v) is 8.58. The van der Waals surface area contributed by atoms with Crippen molar-refractivity contribution >= 4 is 41.8 Å². The Morgan fingerprint density at radius 2 is 1.84 bits per heavy atom. The minimum absolute atomic E-state index is 0. The smallest absolute Gasteiger partial charge is 0.233 e. The lowest BCUT2D eigenvalue weighted by molar-refractivity contribution is -0.140. The van der Waals surface area contributed by atoms with Gasteiger partial charge in [-0.1, -0.05) is 29.8 Å². The van der Waals surface area contributed by atoms with Crippen molar-refractivity contribution in [2.24, 2.45) is 28.7 Å². The fourth-order valence-electron chi connectivity index (χ4n) is 5.20. The lowest BCUT2D eigenvalue weighted by Gasteiger charge is -2.18. The van der Waals surface area contributed by atoms with Gasteiger partial charge in [0.15, 0.2) is 5.96 Å². The number of methoxy groups -OCH3 is 1. The normalized spacial score (nSPS) is 25.7. The zero-order valence-electron chi connectivity index (χ0n) is 19.0. The van der Waals surface area contributed by atoms with E-state index in [1.165, 1.54) is 10.5 Å². The summed E-state index contributed by atoms with van der Waals surface area (Å²) in [7, 11) is 1.68. The van der Waals surface area contributed by atoms with E-state index in [-0.39, 0.29) is 59.5 Å². The highest BCUT2D eigenvalue weighted by Gasteiger charge is 2.58. The largest absolute Gasteiger partial charge is 0.496 e. The van der Waals surface area contributed by atoms with Crippen molar-refractivity contribution in [3.63, 3.8) is 0 Å². The Hall–Kier alpha value is -2.10. The Labute approximate surface area is 207 Å². The number of rotatable bonds is 8. The van der Waals surface area contributed by atoms with Crippen LogP contribution in [0.1, 0.15) is 24.5 Å². The summed E-state index contributed by atoms with van der Waals surface area (Å²) >= 11 is 0. The molecule has 1 heterocycles. The number of hydrogen-bond donors (Lipinski definition) is 2. The summed E-state index contributed by atoms with van der Waals surface area (Å²) in [5.74, 6) is 1.81. The van der Waals surface area contributed by atoms with Crippen LogP contribution < -0.4 is 15.4 Å². The van der Waals surface area contributed by atoms with Crippen LogP contribution in [-0.2, 0) is 16.0 Å². The molecule has 1 saturated carbocycles. The number of amides is 2. The van der Waals surface area contributed by atoms with Gasteiger partial charge in [0, 0.05) is 26.2 Å². The second-order valence-electron chi connectivity index (χ2n) is 8.58. The van der Waals surface area contributed by atoms with Crippen LogP contribution in [0.2, 0.25) is 0 Å². The van der Waals surface area contributed by atoms with Crippen LogP contribution in [0.5, 0.6) is 5.75 Å². The maximum absolute atomic E-state index is 12.8. The average molecular weight is 552 g/mol. The number of likely N-dealkylation sites (tertiary alicyclic amines) is 1. The topological polar surface area (TPSA) is 83.0 Å². The number of nitrogens with zero attached hydrogens (tertiary/aromatic N) is 2. The van der Waals surface area contributed by atoms with Gasteiger partial charge in [0.05, 0.1) is 18.9 Å². The molecule has 2 bridgehead atoms. The molecular weight excluding hydrogens is 519 g/mol. The maximum atomic E-state index is 12.8. The number of benzene rings is 1. The summed E-state index contributed by atoms with van der Waals surface area (Å²) in [5, 5.41) is 6.49. The lowest BCUT2D eigenvalue weighted by Crippen LogP contribution is -2.43. The summed E-state index contributed by atoms with van der Waals surface area (Å²) < 4.78 is 5.44. The average Bonchev–Trinajstić information content (AvgIpc) is 3.43. The first-order valence-corrected chi connectivity index (χ1v) is 11.2. The van der Waals surface area contributed by atoms with Crippen molar-refractivity contribution in [2.75, 3.05) is 33.3 Å². The summed E-state index contributed by atoms with van der Waals surface area (Å²) in [5.41, 5.74) is 2.32. The highest BCUT2D eigenvalue weighted by Crippen LogP contribution is 2.52. The number of hydrogen-bond acceptors (Lipinski definition) is 4. The molecule has 4 unspecified atom stereocenters. The van der Waals surface area contributed by atoms with Crippen LogP contribution >= 0.6 is 24.0 Å². The van der Waals surface area contributed by atoms with Crippen molar-refractivity contribution < 1.29 is 14.3 Å². The zero-order chi connectivity index (χ0) is 22.0. The molecule has 7 nitrogen and oxygen atoms in total. The van der Waals surface area contributed by atoms with Crippen LogP contribution in [0, 0.1) is 30.6 Å². The van der Waals surface area contributed by atoms with Gasteiger partial charge in [0.25, 0.3) is 0 Å². The van der Waals surface area contributed by atoms with Gasteiger partial charge >= 0.3 is 0 Å². The van der Waals surface area contributed by atoms with Crippen LogP contribution in [0.25, 0.3) is 0 Å². The standard InChI is InChI=1S/C24H32N4O3.HI/c1-4-25-24(26-10-9-16-13-15(2)5-8-19(16)31-3)27-11-12-28-22(29)20-17-6-7-18(14-17)21(20)23(28)30;/h5-8,13,17-18,20-21H,4,9-12,14H2,1-3H3,(H2,25,26,27);1H. The van der Waals surface area contributed by atoms with Gasteiger partial charge < -0.3 is 15.4 Å². The predicted octanol–water partition coefficient (Wildman–Crippen LogP) is 2.53. The van der Waals surface area contributed by atoms with Crippen LogP contribution in [0.3, 0.4) is 0 Å². The number of ether oxygens (including phenoxy) is 1. The zero-order valence-corrected chi connectivity index (χ0v) is 21.3. The van der Waals surface area contributed by atoms with E-state index in [4.69, 9.17) is 4.74 Å². The third kappa shape index (κ3) is 4.79. The lowest BCUT2D eigenvalue weighted by atomic mass is 9.85. The molecule has 2 fully saturated rings. The van der Waals surface area contributed by atoms with Crippen molar-refractivity contribution in [3.8, 4) is 5.75 Å². The first-order valence-electron chi connectivity index (χ1n) is 11.2. The molecular formula is C24H33IN4O3. The molecule has 4 rings (SSSR count). The monoisotopic (exact) mass is 552 g/mol. The quantitative estimate of drug-likeness (QED) is 0.170. The molecule has 0 aromatic heterocycles. The SMILES string of the molecule is CCNC(=NCCc1cc(C)ccc1OC)NCCN1C(=O)C2C3C=CC(C3)C2C1=O.I. The number of aliphatic imine (C=N–C) groups is 1. The van der Waals surface area contributed by atoms with Gasteiger partial charge in [0.1, 0.15) is 5.75 Å². The highest BCUT2D eigenvalue weighted by molar-refractivity contribution is 14.0. The van der Waals surface area contributed by atoms with Gasteiger partial charge in [-0.15, -0.1) is 24.0 Å². The Morgan fingerprint density at radius 1 is 1.16 bits per heavy atom. The minimum atomic E-state index is -0.131. The number of nitrogens with one attached hydrogen (secondary N) is 2. The Balaban J connectivity index is 0.00000289. The molecule has 1 saturated heterocycles. The molecule has 1 aliphatic heterocycles. The first kappa shape index (κ1) is 24.5. The molecule has 0 spiro atoms. The minimum Gasteiger partial charge on any atom is -0.496 e. The number of allylic oxidation sites excluding steroid dienone is 2. The van der Waals surface area contributed by atoms with Crippen LogP contribution in [0.4, 0.5) is 0 Å². The molecule has 3 aliphatic rings. The number of guanidine groups is 1. The number of aryl methyl sites for hydroxylation is 1. The van der Waals surface area contributed by atoms with Gasteiger partial charge in [-0.25, -0.2) is 0 Å². The molecule has 174 valence electrons. The van der Waals surface area contributed by atoms with E-state index in [2.05, 4.69) is 40.8 Å². The molecule has 2 N–H and O–H groups in total. The highest BCUT2D eigenvalue weighted by atomic mass is 127. The predicted molar refractivity (Wildman–Crippen MR) is 135 cm³/mol. The van der Waals surface area contributed by atoms with Gasteiger partial charge in [0.2, 0.25) is 11.8 Å². The van der Waals surface area contributed by atoms with Crippen molar-refractivity contribution in [3.05, 3.63) is 41.5 Å². The summed E-state index contributed by atoms with van der Waals surface area (Å²) in [6.07, 6.45) is 5.97. The number of halogens is 1. The Morgan fingerprint density at radius 3 is 2.47 bits per heavy atom. The number of fused-ring (bicyclic) bond motifs is 5. The number of imide groups is 1. The Kier molecular flexibility index (Phi) is 8.19. The second kappa shape index (κ2) is 10.7. The first-order chi connectivity index (χ1) is 15.0. The Bertz CT molecular complexity index is 887. The van der Waals surface area contributed by atoms with E-state index >= 15 is 0 Å². The van der Waals surface area contributed by atoms with Gasteiger partial charge in [-0.05, 0) is 50.2 Å². The third-order valence-electron chi connectivity index (χ3n) is 6.62. The van der Waals surface area contributed by atoms with Crippen molar-refractivity contribution in [1.82, 2.24) is 15.5 Å². The third-order valence-corrected chi connectivity index (χ3v) is 6.62. The van der Waals surface area contributed by atoms with Crippen LogP contribution in [-0.4, -0.2) is 56.0 Å². The van der Waals surface area contributed by atoms with E-state index in [0.717, 1.165) is 30.7 Å². The van der Waals surface area contributed by atoms with E-state index < -0.39 is 0 Å².